The Labute approximate surface area is 152 Å². The van der Waals surface area contributed by atoms with Crippen LogP contribution in [0.4, 0.5) is 0 Å². The molecule has 0 unspecified atom stereocenters. The molecule has 0 radical (unpaired) electrons. The number of aliphatic hydroxyl groups excluding tert-OH is 1. The maximum atomic E-state index is 9.47. The second-order valence-electron chi connectivity index (χ2n) is 6.15. The molecule has 0 amide bonds. The minimum absolute atomic E-state index is 0.00469. The molecular weight excluding hydrogens is 322 g/mol. The summed E-state index contributed by atoms with van der Waals surface area (Å²) in [5.74, 6) is 0.801. The van der Waals surface area contributed by atoms with E-state index in [1.807, 2.05) is 36.4 Å². The molecule has 1 N–H and O–H groups in total. The highest BCUT2D eigenvalue weighted by Crippen LogP contribution is 2.37. The van der Waals surface area contributed by atoms with Crippen LogP contribution in [0.5, 0.6) is 5.75 Å². The van der Waals surface area contributed by atoms with Gasteiger partial charge in [-0.3, -0.25) is 4.98 Å². The number of aromatic nitrogens is 1. The third kappa shape index (κ3) is 2.93. The Hall–Kier alpha value is -3.17. The number of methoxy groups -OCH3 is 1. The highest BCUT2D eigenvalue weighted by atomic mass is 16.5. The van der Waals surface area contributed by atoms with Gasteiger partial charge in [0.15, 0.2) is 0 Å². The summed E-state index contributed by atoms with van der Waals surface area (Å²) in [7, 11) is 1.67. The minimum Gasteiger partial charge on any atom is -0.497 e. The Kier molecular flexibility index (Phi) is 4.38. The third-order valence-corrected chi connectivity index (χ3v) is 4.59. The molecule has 1 heterocycles. The summed E-state index contributed by atoms with van der Waals surface area (Å²) in [5, 5.41) is 11.8. The zero-order chi connectivity index (χ0) is 17.9. The minimum atomic E-state index is -0.00469. The van der Waals surface area contributed by atoms with Crippen LogP contribution in [0.25, 0.3) is 33.2 Å². The maximum absolute atomic E-state index is 9.47. The van der Waals surface area contributed by atoms with Crippen LogP contribution in [-0.2, 0) is 6.61 Å². The highest BCUT2D eigenvalue weighted by Gasteiger charge is 2.13. The predicted molar refractivity (Wildman–Crippen MR) is 105 cm³/mol. The van der Waals surface area contributed by atoms with E-state index >= 15 is 0 Å². The average molecular weight is 341 g/mol. The van der Waals surface area contributed by atoms with Gasteiger partial charge in [0, 0.05) is 11.8 Å². The van der Waals surface area contributed by atoms with Crippen molar-refractivity contribution >= 4 is 10.8 Å². The number of nitrogens with zero attached hydrogens (tertiary/aromatic N) is 1. The molecule has 0 aliphatic heterocycles. The van der Waals surface area contributed by atoms with Crippen molar-refractivity contribution in [2.75, 3.05) is 7.11 Å². The van der Waals surface area contributed by atoms with Crippen LogP contribution in [-0.4, -0.2) is 17.2 Å². The monoisotopic (exact) mass is 341 g/mol. The molecule has 1 aromatic heterocycles. The van der Waals surface area contributed by atoms with Crippen molar-refractivity contribution in [3.63, 3.8) is 0 Å². The van der Waals surface area contributed by atoms with Crippen LogP contribution in [0, 0.1) is 0 Å². The Morgan fingerprint density at radius 3 is 2.54 bits per heavy atom. The fraction of sp³-hybridized carbons (Fsp3) is 0.0870. The number of hydrogen-bond donors (Lipinski definition) is 1. The number of ether oxygens (including phenoxy) is 1. The molecule has 0 bridgehead atoms. The molecule has 0 aliphatic rings. The molecule has 0 saturated carbocycles. The number of benzene rings is 3. The van der Waals surface area contributed by atoms with E-state index in [-0.39, 0.29) is 6.61 Å². The van der Waals surface area contributed by atoms with Crippen LogP contribution in [0.15, 0.2) is 79.0 Å². The highest BCUT2D eigenvalue weighted by molar-refractivity contribution is 6.00. The van der Waals surface area contributed by atoms with Crippen molar-refractivity contribution in [1.29, 1.82) is 0 Å². The molecule has 4 aromatic rings. The van der Waals surface area contributed by atoms with Gasteiger partial charge in [0.25, 0.3) is 0 Å². The van der Waals surface area contributed by atoms with Crippen molar-refractivity contribution in [3.05, 3.63) is 84.6 Å². The van der Waals surface area contributed by atoms with Gasteiger partial charge >= 0.3 is 0 Å². The molecule has 3 nitrogen and oxygen atoms in total. The summed E-state index contributed by atoms with van der Waals surface area (Å²) < 4.78 is 5.46. The molecule has 3 heteroatoms. The lowest BCUT2D eigenvalue weighted by molar-refractivity contribution is 0.282. The van der Waals surface area contributed by atoms with Gasteiger partial charge in [-0.2, -0.15) is 0 Å². The lowest BCUT2D eigenvalue weighted by Gasteiger charge is -2.14. The summed E-state index contributed by atoms with van der Waals surface area (Å²) in [6, 6.07) is 24.4. The molecular formula is C23H19NO2. The Balaban J connectivity index is 2.00. The van der Waals surface area contributed by atoms with Crippen LogP contribution in [0.1, 0.15) is 5.56 Å². The molecule has 4 rings (SSSR count). The van der Waals surface area contributed by atoms with Gasteiger partial charge in [-0.15, -0.1) is 0 Å². The standard InChI is InChI=1S/C23H19NO2/c1-26-18-9-10-21(23-13-16(15-25)11-12-24-23)22(14-18)20-8-4-6-17-5-2-3-7-19(17)20/h2-14,25H,15H2,1H3. The molecule has 0 aliphatic carbocycles. The second kappa shape index (κ2) is 6.98. The van der Waals surface area contributed by atoms with E-state index in [4.69, 9.17) is 4.74 Å². The SMILES string of the molecule is COc1ccc(-c2cc(CO)ccn2)c(-c2cccc3ccccc23)c1. The van der Waals surface area contributed by atoms with Gasteiger partial charge in [-0.25, -0.2) is 0 Å². The smallest absolute Gasteiger partial charge is 0.119 e. The number of pyridine rings is 1. The Bertz CT molecular complexity index is 1070. The lowest BCUT2D eigenvalue weighted by Crippen LogP contribution is -1.93. The largest absolute Gasteiger partial charge is 0.497 e. The Morgan fingerprint density at radius 2 is 1.69 bits per heavy atom. The summed E-state index contributed by atoms with van der Waals surface area (Å²) in [6.07, 6.45) is 1.73. The first-order valence-electron chi connectivity index (χ1n) is 8.52. The molecule has 26 heavy (non-hydrogen) atoms. The van der Waals surface area contributed by atoms with Crippen molar-refractivity contribution < 1.29 is 9.84 Å². The van der Waals surface area contributed by atoms with E-state index in [1.54, 1.807) is 13.3 Å². The fourth-order valence-corrected chi connectivity index (χ4v) is 3.28. The summed E-state index contributed by atoms with van der Waals surface area (Å²) in [6.45, 7) is -0.00469. The topological polar surface area (TPSA) is 42.4 Å². The number of aliphatic hydroxyl groups is 1. The van der Waals surface area contributed by atoms with E-state index in [2.05, 4.69) is 41.4 Å². The predicted octanol–water partition coefficient (Wildman–Crippen LogP) is 5.07. The molecule has 0 fully saturated rings. The van der Waals surface area contributed by atoms with Gasteiger partial charge in [-0.05, 0) is 57.8 Å². The molecule has 0 spiro atoms. The van der Waals surface area contributed by atoms with E-state index in [9.17, 15) is 5.11 Å². The van der Waals surface area contributed by atoms with E-state index in [0.29, 0.717) is 0 Å². The van der Waals surface area contributed by atoms with Crippen molar-refractivity contribution in [1.82, 2.24) is 4.98 Å². The van der Waals surface area contributed by atoms with Crippen LogP contribution in [0.3, 0.4) is 0 Å². The van der Waals surface area contributed by atoms with Crippen molar-refractivity contribution in [2.45, 2.75) is 6.61 Å². The lowest BCUT2D eigenvalue weighted by atomic mass is 9.92. The summed E-state index contributed by atoms with van der Waals surface area (Å²) >= 11 is 0. The van der Waals surface area contributed by atoms with Gasteiger partial charge in [0.2, 0.25) is 0 Å². The van der Waals surface area contributed by atoms with Crippen molar-refractivity contribution in [3.8, 4) is 28.1 Å². The third-order valence-electron chi connectivity index (χ3n) is 4.59. The normalized spacial score (nSPS) is 10.8. The van der Waals surface area contributed by atoms with Crippen LogP contribution >= 0.6 is 0 Å². The van der Waals surface area contributed by atoms with E-state index in [0.717, 1.165) is 33.7 Å². The molecule has 0 atom stereocenters. The zero-order valence-electron chi connectivity index (χ0n) is 14.5. The molecule has 128 valence electrons. The first-order chi connectivity index (χ1) is 12.8. The van der Waals surface area contributed by atoms with Gasteiger partial charge in [0.1, 0.15) is 5.75 Å². The first-order valence-corrected chi connectivity index (χ1v) is 8.52. The molecule has 3 aromatic carbocycles. The number of fused-ring (bicyclic) bond motifs is 1. The Morgan fingerprint density at radius 1 is 0.846 bits per heavy atom. The first kappa shape index (κ1) is 16.3. The summed E-state index contributed by atoms with van der Waals surface area (Å²) in [4.78, 5) is 4.53. The van der Waals surface area contributed by atoms with Crippen LogP contribution < -0.4 is 4.74 Å². The van der Waals surface area contributed by atoms with Crippen LogP contribution in [0.2, 0.25) is 0 Å². The quantitative estimate of drug-likeness (QED) is 0.563. The fourth-order valence-electron chi connectivity index (χ4n) is 3.28. The number of rotatable bonds is 4. The van der Waals surface area contributed by atoms with Gasteiger partial charge < -0.3 is 9.84 Å². The second-order valence-corrected chi connectivity index (χ2v) is 6.15. The maximum Gasteiger partial charge on any atom is 0.119 e. The summed E-state index contributed by atoms with van der Waals surface area (Å²) in [5.41, 5.74) is 4.88. The van der Waals surface area contributed by atoms with Crippen molar-refractivity contribution in [2.24, 2.45) is 0 Å². The van der Waals surface area contributed by atoms with E-state index in [1.165, 1.54) is 10.8 Å². The van der Waals surface area contributed by atoms with Gasteiger partial charge in [0.05, 0.1) is 19.4 Å². The van der Waals surface area contributed by atoms with Gasteiger partial charge in [-0.1, -0.05) is 42.5 Å². The van der Waals surface area contributed by atoms with E-state index < -0.39 is 0 Å². The zero-order valence-corrected chi connectivity index (χ0v) is 14.5. The molecule has 0 saturated heterocycles. The average Bonchev–Trinajstić information content (AvgIpc) is 2.73. The number of hydrogen-bond acceptors (Lipinski definition) is 3.